The Kier molecular flexibility index (Phi) is 4.17. The van der Waals surface area contributed by atoms with Gasteiger partial charge in [-0.1, -0.05) is 20.8 Å². The summed E-state index contributed by atoms with van der Waals surface area (Å²) in [6.07, 6.45) is 2.75. The Morgan fingerprint density at radius 3 is 2.41 bits per heavy atom. The fraction of sp³-hybridized carbons (Fsp3) is 0.750. The average Bonchev–Trinajstić information content (AvgIpc) is 2.90. The van der Waals surface area contributed by atoms with Crippen molar-refractivity contribution in [3.8, 4) is 0 Å². The first kappa shape index (κ1) is 14.4. The van der Waals surface area contributed by atoms with Crippen molar-refractivity contribution in [3.05, 3.63) is 12.2 Å². The summed E-state index contributed by atoms with van der Waals surface area (Å²) in [6, 6.07) is 0. The van der Waals surface area contributed by atoms with Crippen LogP contribution in [-0.2, 0) is 18.7 Å². The monoisotopic (exact) mass is 258 g/mol. The fourth-order valence-corrected chi connectivity index (χ4v) is 2.17. The highest BCUT2D eigenvalue weighted by atomic mass is 28.4. The molecule has 0 amide bonds. The maximum absolute atomic E-state index is 10.9. The van der Waals surface area contributed by atoms with Crippen LogP contribution in [-0.4, -0.2) is 33.8 Å². The number of hydrogen-bond acceptors (Lipinski definition) is 4. The number of carbonyl (C=O) groups excluding carboxylic acids is 1. The first-order chi connectivity index (χ1) is 7.67. The third-order valence-corrected chi connectivity index (χ3v) is 7.76. The molecule has 0 unspecified atom stereocenters. The summed E-state index contributed by atoms with van der Waals surface area (Å²) in [5.74, 6) is -0.369. The van der Waals surface area contributed by atoms with Crippen LogP contribution < -0.4 is 0 Å². The standard InChI is InChI=1S/C12H22O4Si/c1-12(2,3)17(5,6)16-11-9(15-11)7-8-10(13)14-4/h7-9,11H,1-6H3/b8-7-/t9-,11+/m1/s1. The van der Waals surface area contributed by atoms with Gasteiger partial charge >= 0.3 is 5.97 Å². The van der Waals surface area contributed by atoms with E-state index in [-0.39, 0.29) is 23.4 Å². The lowest BCUT2D eigenvalue weighted by Gasteiger charge is -2.35. The number of esters is 1. The summed E-state index contributed by atoms with van der Waals surface area (Å²) in [7, 11) is -0.436. The SMILES string of the molecule is COC(=O)/C=C\[C@H]1O[C@H]1O[Si](C)(C)C(C)(C)C. The molecule has 0 N–H and O–H groups in total. The minimum absolute atomic E-state index is 0.108. The van der Waals surface area contributed by atoms with Crippen molar-refractivity contribution in [2.45, 2.75) is 51.3 Å². The van der Waals surface area contributed by atoms with Crippen molar-refractivity contribution in [1.82, 2.24) is 0 Å². The number of hydrogen-bond donors (Lipinski definition) is 0. The normalized spacial score (nSPS) is 25.1. The lowest BCUT2D eigenvalue weighted by Crippen LogP contribution is -2.41. The van der Waals surface area contributed by atoms with Crippen LogP contribution in [0.15, 0.2) is 12.2 Å². The van der Waals surface area contributed by atoms with Gasteiger partial charge in [0.1, 0.15) is 6.10 Å². The van der Waals surface area contributed by atoms with Crippen LogP contribution in [0.25, 0.3) is 0 Å². The first-order valence-corrected chi connectivity index (χ1v) is 8.67. The van der Waals surface area contributed by atoms with Gasteiger partial charge in [0.2, 0.25) is 0 Å². The molecule has 1 aliphatic heterocycles. The maximum Gasteiger partial charge on any atom is 0.330 e. The molecule has 0 aliphatic carbocycles. The number of ether oxygens (including phenoxy) is 2. The predicted octanol–water partition coefficient (Wildman–Crippen LogP) is 2.46. The van der Waals surface area contributed by atoms with Gasteiger partial charge in [-0.2, -0.15) is 0 Å². The van der Waals surface area contributed by atoms with Crippen LogP contribution in [0.1, 0.15) is 20.8 Å². The number of epoxide rings is 1. The Balaban J connectivity index is 2.43. The molecule has 4 nitrogen and oxygen atoms in total. The van der Waals surface area contributed by atoms with Gasteiger partial charge in [0, 0.05) is 6.08 Å². The minimum Gasteiger partial charge on any atom is -0.466 e. The van der Waals surface area contributed by atoms with Crippen molar-refractivity contribution in [1.29, 1.82) is 0 Å². The van der Waals surface area contributed by atoms with Crippen molar-refractivity contribution < 1.29 is 18.7 Å². The Morgan fingerprint density at radius 2 is 1.94 bits per heavy atom. The van der Waals surface area contributed by atoms with E-state index in [9.17, 15) is 4.79 Å². The topological polar surface area (TPSA) is 48.1 Å². The van der Waals surface area contributed by atoms with E-state index in [2.05, 4.69) is 38.6 Å². The lowest BCUT2D eigenvalue weighted by molar-refractivity contribution is -0.134. The lowest BCUT2D eigenvalue weighted by atomic mass is 10.2. The summed E-state index contributed by atoms with van der Waals surface area (Å²) >= 11 is 0. The highest BCUT2D eigenvalue weighted by Crippen LogP contribution is 2.40. The molecule has 98 valence electrons. The largest absolute Gasteiger partial charge is 0.466 e. The summed E-state index contributed by atoms with van der Waals surface area (Å²) in [5, 5.41) is 0.162. The van der Waals surface area contributed by atoms with E-state index < -0.39 is 8.32 Å². The second-order valence-electron chi connectivity index (χ2n) is 5.73. The van der Waals surface area contributed by atoms with E-state index in [0.29, 0.717) is 0 Å². The fourth-order valence-electron chi connectivity index (χ4n) is 1.05. The van der Waals surface area contributed by atoms with Gasteiger partial charge in [-0.15, -0.1) is 0 Å². The van der Waals surface area contributed by atoms with Gasteiger partial charge in [-0.3, -0.25) is 0 Å². The molecule has 0 saturated carbocycles. The molecule has 2 atom stereocenters. The first-order valence-electron chi connectivity index (χ1n) is 5.77. The predicted molar refractivity (Wildman–Crippen MR) is 68.1 cm³/mol. The third kappa shape index (κ3) is 3.94. The molecule has 1 aliphatic rings. The van der Waals surface area contributed by atoms with Gasteiger partial charge in [0.05, 0.1) is 7.11 Å². The number of carbonyl (C=O) groups is 1. The van der Waals surface area contributed by atoms with E-state index in [1.54, 1.807) is 6.08 Å². The van der Waals surface area contributed by atoms with Crippen LogP contribution >= 0.6 is 0 Å². The molecule has 1 saturated heterocycles. The molecule has 1 rings (SSSR count). The molecule has 0 aromatic rings. The second-order valence-corrected chi connectivity index (χ2v) is 10.5. The summed E-state index contributed by atoms with van der Waals surface area (Å²) in [6.45, 7) is 10.9. The van der Waals surface area contributed by atoms with Crippen LogP contribution in [0.3, 0.4) is 0 Å². The molecule has 0 radical (unpaired) electrons. The Morgan fingerprint density at radius 1 is 1.35 bits per heavy atom. The van der Waals surface area contributed by atoms with Gasteiger partial charge in [0.25, 0.3) is 0 Å². The van der Waals surface area contributed by atoms with E-state index in [1.165, 1.54) is 13.2 Å². The zero-order chi connectivity index (χ0) is 13.3. The number of rotatable bonds is 4. The molecule has 5 heteroatoms. The highest BCUT2D eigenvalue weighted by molar-refractivity contribution is 6.74. The summed E-state index contributed by atoms with van der Waals surface area (Å²) < 4.78 is 15.9. The van der Waals surface area contributed by atoms with Crippen molar-refractivity contribution in [3.63, 3.8) is 0 Å². The highest BCUT2D eigenvalue weighted by Gasteiger charge is 2.47. The Labute approximate surface area is 104 Å². The van der Waals surface area contributed by atoms with E-state index >= 15 is 0 Å². The van der Waals surface area contributed by atoms with Crippen LogP contribution in [0.5, 0.6) is 0 Å². The maximum atomic E-state index is 10.9. The molecule has 0 spiro atoms. The van der Waals surface area contributed by atoms with Gasteiger partial charge < -0.3 is 13.9 Å². The van der Waals surface area contributed by atoms with Gasteiger partial charge in [0.15, 0.2) is 14.6 Å². The Hall–Kier alpha value is -0.653. The van der Waals surface area contributed by atoms with Gasteiger partial charge in [-0.05, 0) is 24.2 Å². The molecular formula is C12H22O4Si. The van der Waals surface area contributed by atoms with Crippen LogP contribution in [0.2, 0.25) is 18.1 Å². The molecule has 0 aromatic carbocycles. The zero-order valence-corrected chi connectivity index (χ0v) is 12.4. The van der Waals surface area contributed by atoms with Crippen molar-refractivity contribution >= 4 is 14.3 Å². The van der Waals surface area contributed by atoms with Crippen molar-refractivity contribution in [2.24, 2.45) is 0 Å². The minimum atomic E-state index is -1.79. The van der Waals surface area contributed by atoms with Gasteiger partial charge in [-0.25, -0.2) is 4.79 Å². The molecular weight excluding hydrogens is 236 g/mol. The van der Waals surface area contributed by atoms with Crippen LogP contribution in [0.4, 0.5) is 0 Å². The van der Waals surface area contributed by atoms with E-state index in [4.69, 9.17) is 9.16 Å². The second kappa shape index (κ2) is 4.92. The zero-order valence-electron chi connectivity index (χ0n) is 11.4. The molecule has 0 aromatic heterocycles. The average molecular weight is 258 g/mol. The smallest absolute Gasteiger partial charge is 0.330 e. The van der Waals surface area contributed by atoms with Crippen LogP contribution in [0, 0.1) is 0 Å². The summed E-state index contributed by atoms with van der Waals surface area (Å²) in [4.78, 5) is 10.9. The number of methoxy groups -OCH3 is 1. The molecule has 17 heavy (non-hydrogen) atoms. The Bertz CT molecular complexity index is 317. The quantitative estimate of drug-likeness (QED) is 0.336. The van der Waals surface area contributed by atoms with E-state index in [0.717, 1.165) is 0 Å². The third-order valence-electron chi connectivity index (χ3n) is 3.32. The summed E-state index contributed by atoms with van der Waals surface area (Å²) in [5.41, 5.74) is 0. The molecule has 1 heterocycles. The van der Waals surface area contributed by atoms with E-state index in [1.807, 2.05) is 0 Å². The van der Waals surface area contributed by atoms with Crippen molar-refractivity contribution in [2.75, 3.05) is 7.11 Å². The molecule has 0 bridgehead atoms. The molecule has 1 fully saturated rings.